The molecule has 112 valence electrons. The molecule has 0 atom stereocenters. The maximum absolute atomic E-state index is 13.1. The molecule has 0 radical (unpaired) electrons. The predicted molar refractivity (Wildman–Crippen MR) is 77.9 cm³/mol. The quantitative estimate of drug-likeness (QED) is 0.721. The van der Waals surface area contributed by atoms with E-state index in [0.29, 0.717) is 29.5 Å². The molecule has 0 aliphatic heterocycles. The fraction of sp³-hybridized carbons (Fsp3) is 0.250. The van der Waals surface area contributed by atoms with Crippen LogP contribution in [-0.4, -0.2) is 6.61 Å². The van der Waals surface area contributed by atoms with E-state index in [1.165, 1.54) is 6.07 Å². The van der Waals surface area contributed by atoms with Crippen LogP contribution in [0.25, 0.3) is 0 Å². The summed E-state index contributed by atoms with van der Waals surface area (Å²) in [4.78, 5) is 0. The third kappa shape index (κ3) is 4.08. The number of halogens is 3. The Labute approximate surface area is 127 Å². The van der Waals surface area contributed by atoms with E-state index < -0.39 is 11.6 Å². The molecule has 2 aromatic rings. The third-order valence-corrected chi connectivity index (χ3v) is 3.15. The summed E-state index contributed by atoms with van der Waals surface area (Å²) in [5.41, 5.74) is 1.46. The van der Waals surface area contributed by atoms with Crippen LogP contribution in [0.1, 0.15) is 18.1 Å². The zero-order chi connectivity index (χ0) is 15.2. The Morgan fingerprint density at radius 3 is 2.33 bits per heavy atom. The summed E-state index contributed by atoms with van der Waals surface area (Å²) in [5.74, 6) is -0.267. The summed E-state index contributed by atoms with van der Waals surface area (Å²) in [5, 5.41) is 0. The number of hydrogen-bond donors (Lipinski definition) is 0. The van der Waals surface area contributed by atoms with Gasteiger partial charge in [0.1, 0.15) is 6.61 Å². The molecule has 0 aromatic heterocycles. The molecular weight excluding hydrogens is 298 g/mol. The SMILES string of the molecule is CCOc1cc(CCl)ccc1OCc1ccc(F)c(F)c1. The minimum absolute atomic E-state index is 0.123. The fourth-order valence-electron chi connectivity index (χ4n) is 1.81. The Balaban J connectivity index is 2.13. The van der Waals surface area contributed by atoms with E-state index in [9.17, 15) is 8.78 Å². The maximum Gasteiger partial charge on any atom is 0.161 e. The monoisotopic (exact) mass is 312 g/mol. The fourth-order valence-corrected chi connectivity index (χ4v) is 1.98. The minimum Gasteiger partial charge on any atom is -0.490 e. The Hall–Kier alpha value is -1.81. The molecule has 0 N–H and O–H groups in total. The highest BCUT2D eigenvalue weighted by Crippen LogP contribution is 2.30. The van der Waals surface area contributed by atoms with Gasteiger partial charge in [-0.3, -0.25) is 0 Å². The lowest BCUT2D eigenvalue weighted by atomic mass is 10.2. The smallest absolute Gasteiger partial charge is 0.161 e. The van der Waals surface area contributed by atoms with Crippen molar-refractivity contribution in [2.24, 2.45) is 0 Å². The van der Waals surface area contributed by atoms with Crippen molar-refractivity contribution in [1.82, 2.24) is 0 Å². The predicted octanol–water partition coefficient (Wildman–Crippen LogP) is 4.68. The summed E-state index contributed by atoms with van der Waals surface area (Å²) in [6, 6.07) is 9.05. The van der Waals surface area contributed by atoms with Gasteiger partial charge in [0.05, 0.1) is 6.61 Å². The first-order chi connectivity index (χ1) is 10.1. The maximum atomic E-state index is 13.1. The number of hydrogen-bond acceptors (Lipinski definition) is 2. The van der Waals surface area contributed by atoms with Crippen molar-refractivity contribution in [1.29, 1.82) is 0 Å². The van der Waals surface area contributed by atoms with Gasteiger partial charge in [0, 0.05) is 5.88 Å². The van der Waals surface area contributed by atoms with Gasteiger partial charge in [-0.25, -0.2) is 8.78 Å². The lowest BCUT2D eigenvalue weighted by Gasteiger charge is -2.13. The minimum atomic E-state index is -0.890. The summed E-state index contributed by atoms with van der Waals surface area (Å²) in [6.45, 7) is 2.48. The van der Waals surface area contributed by atoms with E-state index in [1.807, 2.05) is 13.0 Å². The third-order valence-electron chi connectivity index (χ3n) is 2.84. The second kappa shape index (κ2) is 7.27. The lowest BCUT2D eigenvalue weighted by molar-refractivity contribution is 0.268. The van der Waals surface area contributed by atoms with Gasteiger partial charge in [-0.2, -0.15) is 0 Å². The van der Waals surface area contributed by atoms with Crippen molar-refractivity contribution in [3.05, 3.63) is 59.2 Å². The Morgan fingerprint density at radius 1 is 0.905 bits per heavy atom. The van der Waals surface area contributed by atoms with Crippen molar-refractivity contribution >= 4 is 11.6 Å². The van der Waals surface area contributed by atoms with Gasteiger partial charge in [0.25, 0.3) is 0 Å². The van der Waals surface area contributed by atoms with Crippen LogP contribution in [0.15, 0.2) is 36.4 Å². The van der Waals surface area contributed by atoms with Crippen LogP contribution in [0.2, 0.25) is 0 Å². The van der Waals surface area contributed by atoms with Gasteiger partial charge in [0.15, 0.2) is 23.1 Å². The summed E-state index contributed by atoms with van der Waals surface area (Å²) < 4.78 is 37.1. The Bertz CT molecular complexity index is 617. The zero-order valence-electron chi connectivity index (χ0n) is 11.5. The van der Waals surface area contributed by atoms with E-state index in [2.05, 4.69) is 0 Å². The van der Waals surface area contributed by atoms with Crippen molar-refractivity contribution < 1.29 is 18.3 Å². The van der Waals surface area contributed by atoms with Crippen molar-refractivity contribution in [2.45, 2.75) is 19.4 Å². The molecule has 2 nitrogen and oxygen atoms in total. The highest BCUT2D eigenvalue weighted by molar-refractivity contribution is 6.17. The van der Waals surface area contributed by atoms with Gasteiger partial charge in [-0.05, 0) is 42.3 Å². The lowest BCUT2D eigenvalue weighted by Crippen LogP contribution is -2.01. The largest absolute Gasteiger partial charge is 0.490 e. The Kier molecular flexibility index (Phi) is 5.39. The zero-order valence-corrected chi connectivity index (χ0v) is 12.3. The molecule has 0 unspecified atom stereocenters. The van der Waals surface area contributed by atoms with Crippen LogP contribution in [-0.2, 0) is 12.5 Å². The van der Waals surface area contributed by atoms with Crippen LogP contribution in [0.3, 0.4) is 0 Å². The summed E-state index contributed by atoms with van der Waals surface area (Å²) >= 11 is 5.78. The molecule has 0 fully saturated rings. The van der Waals surface area contributed by atoms with Crippen molar-refractivity contribution in [3.8, 4) is 11.5 Å². The second-order valence-corrected chi connectivity index (χ2v) is 4.65. The van der Waals surface area contributed by atoms with Crippen molar-refractivity contribution in [3.63, 3.8) is 0 Å². The molecule has 5 heteroatoms. The highest BCUT2D eigenvalue weighted by Gasteiger charge is 2.08. The van der Waals surface area contributed by atoms with Crippen LogP contribution in [0, 0.1) is 11.6 Å². The van der Waals surface area contributed by atoms with Gasteiger partial charge >= 0.3 is 0 Å². The van der Waals surface area contributed by atoms with Crippen LogP contribution in [0.5, 0.6) is 11.5 Å². The molecule has 0 bridgehead atoms. The van der Waals surface area contributed by atoms with Gasteiger partial charge < -0.3 is 9.47 Å². The van der Waals surface area contributed by atoms with Gasteiger partial charge in [-0.1, -0.05) is 12.1 Å². The first-order valence-corrected chi connectivity index (χ1v) is 7.06. The number of ether oxygens (including phenoxy) is 2. The number of alkyl halides is 1. The van der Waals surface area contributed by atoms with E-state index in [4.69, 9.17) is 21.1 Å². The molecule has 0 spiro atoms. The van der Waals surface area contributed by atoms with Gasteiger partial charge in [0.2, 0.25) is 0 Å². The molecule has 0 heterocycles. The molecule has 0 saturated heterocycles. The molecule has 0 amide bonds. The topological polar surface area (TPSA) is 18.5 Å². The van der Waals surface area contributed by atoms with E-state index in [-0.39, 0.29) is 6.61 Å². The van der Waals surface area contributed by atoms with Crippen LogP contribution in [0.4, 0.5) is 8.78 Å². The van der Waals surface area contributed by atoms with E-state index >= 15 is 0 Å². The van der Waals surface area contributed by atoms with E-state index in [0.717, 1.165) is 17.7 Å². The van der Waals surface area contributed by atoms with Gasteiger partial charge in [-0.15, -0.1) is 11.6 Å². The molecule has 0 aliphatic rings. The normalized spacial score (nSPS) is 10.5. The second-order valence-electron chi connectivity index (χ2n) is 4.38. The first-order valence-electron chi connectivity index (χ1n) is 6.52. The van der Waals surface area contributed by atoms with Crippen molar-refractivity contribution in [2.75, 3.05) is 6.61 Å². The highest BCUT2D eigenvalue weighted by atomic mass is 35.5. The molecule has 0 aliphatic carbocycles. The van der Waals surface area contributed by atoms with E-state index in [1.54, 1.807) is 12.1 Å². The molecule has 0 saturated carbocycles. The molecule has 2 rings (SSSR count). The average Bonchev–Trinajstić information content (AvgIpc) is 2.49. The van der Waals surface area contributed by atoms with Crippen LogP contribution < -0.4 is 9.47 Å². The average molecular weight is 313 g/mol. The summed E-state index contributed by atoms with van der Waals surface area (Å²) in [6.07, 6.45) is 0. The number of rotatable bonds is 6. The number of benzene rings is 2. The summed E-state index contributed by atoms with van der Waals surface area (Å²) in [7, 11) is 0. The molecular formula is C16H15ClF2O2. The Morgan fingerprint density at radius 2 is 1.67 bits per heavy atom. The molecule has 21 heavy (non-hydrogen) atoms. The van der Waals surface area contributed by atoms with Crippen LogP contribution >= 0.6 is 11.6 Å². The molecule has 2 aromatic carbocycles. The standard InChI is InChI=1S/C16H15ClF2O2/c1-2-20-16-8-11(9-17)4-6-15(16)21-10-12-3-5-13(18)14(19)7-12/h3-8H,2,9-10H2,1H3. The first kappa shape index (κ1) is 15.6.